The predicted octanol–water partition coefficient (Wildman–Crippen LogP) is 1.03. The van der Waals surface area contributed by atoms with E-state index in [1.807, 2.05) is 35.2 Å². The molecule has 1 aliphatic heterocycles. The van der Waals surface area contributed by atoms with Crippen LogP contribution in [0.5, 0.6) is 0 Å². The van der Waals surface area contributed by atoms with Crippen molar-refractivity contribution in [1.82, 2.24) is 9.80 Å². The summed E-state index contributed by atoms with van der Waals surface area (Å²) in [5, 5.41) is 0. The molecule has 1 heterocycles. The van der Waals surface area contributed by atoms with Crippen molar-refractivity contribution >= 4 is 11.8 Å². The highest BCUT2D eigenvalue weighted by Gasteiger charge is 2.23. The molecule has 22 heavy (non-hydrogen) atoms. The van der Waals surface area contributed by atoms with E-state index in [0.717, 1.165) is 19.4 Å². The zero-order valence-corrected chi connectivity index (χ0v) is 13.2. The number of hydrogen-bond donors (Lipinski definition) is 1. The second-order valence-corrected chi connectivity index (χ2v) is 5.83. The van der Waals surface area contributed by atoms with Crippen LogP contribution in [0.2, 0.25) is 0 Å². The first-order chi connectivity index (χ1) is 10.6. The van der Waals surface area contributed by atoms with Crippen LogP contribution in [0.1, 0.15) is 25.3 Å². The first kappa shape index (κ1) is 16.5. The Bertz CT molecular complexity index is 502. The molecule has 2 amide bonds. The normalized spacial score (nSPS) is 17.0. The van der Waals surface area contributed by atoms with Crippen LogP contribution >= 0.6 is 0 Å². The number of aryl methyl sites for hydroxylation is 1. The molecule has 0 unspecified atom stereocenters. The highest BCUT2D eigenvalue weighted by Crippen LogP contribution is 2.09. The highest BCUT2D eigenvalue weighted by atomic mass is 16.2. The van der Waals surface area contributed by atoms with Gasteiger partial charge in [0.15, 0.2) is 0 Å². The van der Waals surface area contributed by atoms with Crippen molar-refractivity contribution in [2.24, 2.45) is 5.73 Å². The lowest BCUT2D eigenvalue weighted by Crippen LogP contribution is -2.44. The number of hydrogen-bond acceptors (Lipinski definition) is 3. The lowest BCUT2D eigenvalue weighted by molar-refractivity contribution is -0.134. The van der Waals surface area contributed by atoms with Crippen LogP contribution in [-0.4, -0.2) is 53.8 Å². The van der Waals surface area contributed by atoms with Gasteiger partial charge in [-0.3, -0.25) is 9.59 Å². The molecule has 0 spiro atoms. The fourth-order valence-corrected chi connectivity index (χ4v) is 2.73. The fraction of sp³-hybridized carbons (Fsp3) is 0.529. The van der Waals surface area contributed by atoms with Gasteiger partial charge >= 0.3 is 0 Å². The van der Waals surface area contributed by atoms with E-state index < -0.39 is 6.04 Å². The third-order valence-corrected chi connectivity index (χ3v) is 4.02. The van der Waals surface area contributed by atoms with E-state index >= 15 is 0 Å². The van der Waals surface area contributed by atoms with Crippen molar-refractivity contribution in [1.29, 1.82) is 0 Å². The van der Waals surface area contributed by atoms with Crippen LogP contribution in [0.15, 0.2) is 30.3 Å². The molecular weight excluding hydrogens is 278 g/mol. The maximum absolute atomic E-state index is 12.3. The Balaban J connectivity index is 1.83. The van der Waals surface area contributed by atoms with Crippen LogP contribution in [-0.2, 0) is 16.0 Å². The summed E-state index contributed by atoms with van der Waals surface area (Å²) < 4.78 is 0. The number of carbonyl (C=O) groups excluding carboxylic acids is 2. The summed E-state index contributed by atoms with van der Waals surface area (Å²) in [4.78, 5) is 27.9. The third-order valence-electron chi connectivity index (χ3n) is 4.02. The lowest BCUT2D eigenvalue weighted by Gasteiger charge is -2.23. The molecule has 1 aliphatic rings. The maximum Gasteiger partial charge on any atom is 0.239 e. The van der Waals surface area contributed by atoms with Crippen molar-refractivity contribution in [3.8, 4) is 0 Å². The summed E-state index contributed by atoms with van der Waals surface area (Å²) in [5.74, 6) is 0.137. The van der Waals surface area contributed by atoms with Gasteiger partial charge in [-0.25, -0.2) is 0 Å². The van der Waals surface area contributed by atoms with Crippen molar-refractivity contribution in [2.45, 2.75) is 32.2 Å². The number of rotatable bonds is 4. The first-order valence-corrected chi connectivity index (χ1v) is 7.94. The minimum Gasteiger partial charge on any atom is -0.341 e. The number of benzene rings is 1. The average Bonchev–Trinajstić information content (AvgIpc) is 2.78. The Morgan fingerprint density at radius 1 is 1.09 bits per heavy atom. The Labute approximate surface area is 132 Å². The van der Waals surface area contributed by atoms with Crippen LogP contribution in [0.25, 0.3) is 0 Å². The summed E-state index contributed by atoms with van der Waals surface area (Å²) in [6.45, 7) is 4.29. The standard InChI is InChI=1S/C17H25N3O2/c1-14(18)17(22)20-11-5-10-19(12-13-20)16(21)9-8-15-6-3-2-4-7-15/h2-4,6-7,14H,5,8-13,18H2,1H3/t14-/m0/s1. The van der Waals surface area contributed by atoms with Crippen LogP contribution in [0, 0.1) is 0 Å². The van der Waals surface area contributed by atoms with Gasteiger partial charge in [0.05, 0.1) is 6.04 Å². The molecule has 0 radical (unpaired) electrons. The predicted molar refractivity (Wildman–Crippen MR) is 86.2 cm³/mol. The maximum atomic E-state index is 12.3. The Hall–Kier alpha value is -1.88. The van der Waals surface area contributed by atoms with E-state index in [2.05, 4.69) is 0 Å². The van der Waals surface area contributed by atoms with E-state index in [1.165, 1.54) is 5.56 Å². The zero-order valence-electron chi connectivity index (χ0n) is 13.2. The summed E-state index contributed by atoms with van der Waals surface area (Å²) in [6.07, 6.45) is 2.10. The quantitative estimate of drug-likeness (QED) is 0.903. The minimum atomic E-state index is -0.472. The second-order valence-electron chi connectivity index (χ2n) is 5.83. The van der Waals surface area contributed by atoms with Gasteiger partial charge in [-0.05, 0) is 25.3 Å². The Kier molecular flexibility index (Phi) is 5.95. The monoisotopic (exact) mass is 303 g/mol. The Morgan fingerprint density at radius 3 is 2.41 bits per heavy atom. The van der Waals surface area contributed by atoms with Crippen molar-refractivity contribution in [2.75, 3.05) is 26.2 Å². The molecule has 0 bridgehead atoms. The first-order valence-electron chi connectivity index (χ1n) is 7.94. The largest absolute Gasteiger partial charge is 0.341 e. The molecule has 1 aromatic carbocycles. The molecule has 5 nitrogen and oxygen atoms in total. The van der Waals surface area contributed by atoms with E-state index in [0.29, 0.717) is 26.1 Å². The van der Waals surface area contributed by atoms with Crippen LogP contribution in [0.3, 0.4) is 0 Å². The number of nitrogens with two attached hydrogens (primary N) is 1. The smallest absolute Gasteiger partial charge is 0.239 e. The summed E-state index contributed by atoms with van der Waals surface area (Å²) in [5.41, 5.74) is 6.83. The number of amides is 2. The summed E-state index contributed by atoms with van der Waals surface area (Å²) >= 11 is 0. The number of nitrogens with zero attached hydrogens (tertiary/aromatic N) is 2. The SMILES string of the molecule is C[C@H](N)C(=O)N1CCCN(C(=O)CCc2ccccc2)CC1. The molecule has 0 aliphatic carbocycles. The van der Waals surface area contributed by atoms with E-state index in [-0.39, 0.29) is 11.8 Å². The van der Waals surface area contributed by atoms with Crippen LogP contribution in [0.4, 0.5) is 0 Å². The molecule has 1 saturated heterocycles. The van der Waals surface area contributed by atoms with E-state index in [1.54, 1.807) is 11.8 Å². The molecule has 120 valence electrons. The van der Waals surface area contributed by atoms with Gasteiger partial charge in [0.2, 0.25) is 11.8 Å². The molecule has 1 aromatic rings. The van der Waals surface area contributed by atoms with Gasteiger partial charge in [0.25, 0.3) is 0 Å². The number of carbonyl (C=O) groups is 2. The lowest BCUT2D eigenvalue weighted by atomic mass is 10.1. The molecule has 0 aromatic heterocycles. The molecule has 0 saturated carbocycles. The van der Waals surface area contributed by atoms with E-state index in [4.69, 9.17) is 5.73 Å². The van der Waals surface area contributed by atoms with Gasteiger partial charge in [-0.1, -0.05) is 30.3 Å². The van der Waals surface area contributed by atoms with Gasteiger partial charge in [-0.2, -0.15) is 0 Å². The van der Waals surface area contributed by atoms with Crippen molar-refractivity contribution in [3.05, 3.63) is 35.9 Å². The average molecular weight is 303 g/mol. The Morgan fingerprint density at radius 2 is 1.73 bits per heavy atom. The van der Waals surface area contributed by atoms with Gasteiger partial charge in [0, 0.05) is 32.6 Å². The molecule has 2 N–H and O–H groups in total. The third kappa shape index (κ3) is 4.56. The van der Waals surface area contributed by atoms with Crippen LogP contribution < -0.4 is 5.73 Å². The van der Waals surface area contributed by atoms with Crippen molar-refractivity contribution in [3.63, 3.8) is 0 Å². The molecule has 5 heteroatoms. The van der Waals surface area contributed by atoms with Gasteiger partial charge < -0.3 is 15.5 Å². The topological polar surface area (TPSA) is 66.6 Å². The summed E-state index contributed by atoms with van der Waals surface area (Å²) in [6, 6.07) is 9.56. The molecule has 2 rings (SSSR count). The molecular formula is C17H25N3O2. The van der Waals surface area contributed by atoms with Crippen molar-refractivity contribution < 1.29 is 9.59 Å². The minimum absolute atomic E-state index is 0.0291. The van der Waals surface area contributed by atoms with E-state index in [9.17, 15) is 9.59 Å². The fourth-order valence-electron chi connectivity index (χ4n) is 2.73. The highest BCUT2D eigenvalue weighted by molar-refractivity contribution is 5.81. The molecule has 1 atom stereocenters. The zero-order chi connectivity index (χ0) is 15.9. The van der Waals surface area contributed by atoms with Gasteiger partial charge in [0.1, 0.15) is 0 Å². The summed E-state index contributed by atoms with van der Waals surface area (Å²) in [7, 11) is 0. The molecule has 1 fully saturated rings. The second kappa shape index (κ2) is 7.94. The van der Waals surface area contributed by atoms with Gasteiger partial charge in [-0.15, -0.1) is 0 Å².